The molecule has 6 nitrogen and oxygen atoms in total. The summed E-state index contributed by atoms with van der Waals surface area (Å²) in [6.45, 7) is -0.424. The number of thiocarbonyl (C=S) groups is 1. The first-order chi connectivity index (χ1) is 12.5. The van der Waals surface area contributed by atoms with Gasteiger partial charge in [-0.1, -0.05) is 48.3 Å². The van der Waals surface area contributed by atoms with E-state index in [0.717, 1.165) is 33.2 Å². The van der Waals surface area contributed by atoms with Crippen LogP contribution in [0.4, 0.5) is 10.8 Å². The van der Waals surface area contributed by atoms with Gasteiger partial charge in [-0.05, 0) is 24.3 Å². The molecular weight excluding hydrogens is 390 g/mol. The summed E-state index contributed by atoms with van der Waals surface area (Å²) in [6, 6.07) is 9.74. The van der Waals surface area contributed by atoms with Crippen LogP contribution in [-0.2, 0) is 9.59 Å². The lowest BCUT2D eigenvalue weighted by Gasteiger charge is -2.09. The zero-order valence-corrected chi connectivity index (χ0v) is 15.7. The smallest absolute Gasteiger partial charge is 0.323 e. The number of rotatable bonds is 6. The second-order valence-electron chi connectivity index (χ2n) is 5.11. The van der Waals surface area contributed by atoms with Crippen molar-refractivity contribution in [3.05, 3.63) is 58.5 Å². The number of carboxylic acid groups (broad SMARTS) is 1. The van der Waals surface area contributed by atoms with Gasteiger partial charge in [-0.2, -0.15) is 0 Å². The molecule has 0 unspecified atom stereocenters. The number of thiazole rings is 1. The molecule has 3 rings (SSSR count). The molecule has 0 bridgehead atoms. The van der Waals surface area contributed by atoms with Gasteiger partial charge in [0.15, 0.2) is 5.13 Å². The number of nitrogens with one attached hydrogen (secondary N) is 1. The highest BCUT2D eigenvalue weighted by Gasteiger charge is 2.32. The lowest BCUT2D eigenvalue weighted by atomic mass is 10.3. The van der Waals surface area contributed by atoms with Crippen LogP contribution in [0.1, 0.15) is 5.69 Å². The Morgan fingerprint density at radius 1 is 1.35 bits per heavy atom. The average molecular weight is 404 g/mol. The SMILES string of the molecule is O=C(O)CN1C(=O)C(=CC=Cc2csc(Nc3ccccc3)n2)SC1=S. The Balaban J connectivity index is 1.64. The number of carboxylic acids is 1. The first-order valence-electron chi connectivity index (χ1n) is 7.44. The maximum absolute atomic E-state index is 12.1. The van der Waals surface area contributed by atoms with Crippen molar-refractivity contribution < 1.29 is 14.7 Å². The van der Waals surface area contributed by atoms with Crippen LogP contribution in [0.25, 0.3) is 6.08 Å². The highest BCUT2D eigenvalue weighted by molar-refractivity contribution is 8.26. The molecule has 26 heavy (non-hydrogen) atoms. The van der Waals surface area contributed by atoms with Gasteiger partial charge >= 0.3 is 5.97 Å². The summed E-state index contributed by atoms with van der Waals surface area (Å²) in [7, 11) is 0. The molecule has 132 valence electrons. The molecule has 1 aromatic heterocycles. The van der Waals surface area contributed by atoms with Crippen molar-refractivity contribution in [1.82, 2.24) is 9.88 Å². The van der Waals surface area contributed by atoms with Crippen molar-refractivity contribution in [1.29, 1.82) is 0 Å². The standard InChI is InChI=1S/C17H13N3O3S3/c21-14(22)9-20-15(23)13(26-17(20)24)8-4-7-12-10-25-16(19-12)18-11-5-2-1-3-6-11/h1-8,10H,9H2,(H,18,19)(H,21,22). The fourth-order valence-electron chi connectivity index (χ4n) is 2.08. The highest BCUT2D eigenvalue weighted by Crippen LogP contribution is 2.30. The molecule has 0 spiro atoms. The summed E-state index contributed by atoms with van der Waals surface area (Å²) in [5, 5.41) is 14.7. The first-order valence-corrected chi connectivity index (χ1v) is 9.55. The van der Waals surface area contributed by atoms with Crippen LogP contribution in [0, 0.1) is 0 Å². The van der Waals surface area contributed by atoms with E-state index < -0.39 is 18.4 Å². The van der Waals surface area contributed by atoms with Gasteiger partial charge in [0.2, 0.25) is 0 Å². The Bertz CT molecular complexity index is 906. The number of hydrogen-bond acceptors (Lipinski definition) is 7. The molecule has 0 saturated carbocycles. The van der Waals surface area contributed by atoms with Crippen molar-refractivity contribution >= 4 is 68.4 Å². The normalized spacial score (nSPS) is 16.0. The molecule has 1 amide bonds. The Labute approximate surface area is 163 Å². The predicted molar refractivity (Wildman–Crippen MR) is 108 cm³/mol. The van der Waals surface area contributed by atoms with Gasteiger partial charge in [0.1, 0.15) is 10.9 Å². The van der Waals surface area contributed by atoms with E-state index in [1.807, 2.05) is 35.7 Å². The molecule has 2 N–H and O–H groups in total. The lowest BCUT2D eigenvalue weighted by molar-refractivity contribution is -0.140. The van der Waals surface area contributed by atoms with Crippen LogP contribution in [0.15, 0.2) is 52.8 Å². The molecule has 1 aliphatic rings. The van der Waals surface area contributed by atoms with Crippen molar-refractivity contribution in [3.8, 4) is 0 Å². The Kier molecular flexibility index (Phi) is 5.82. The number of thioether (sulfide) groups is 1. The van der Waals surface area contributed by atoms with Crippen LogP contribution in [0.5, 0.6) is 0 Å². The van der Waals surface area contributed by atoms with Gasteiger partial charge in [0, 0.05) is 11.1 Å². The second kappa shape index (κ2) is 8.26. The number of nitrogens with zero attached hydrogens (tertiary/aromatic N) is 2. The third kappa shape index (κ3) is 4.57. The number of allylic oxidation sites excluding steroid dienone is 2. The van der Waals surface area contributed by atoms with Crippen LogP contribution >= 0.6 is 35.3 Å². The third-order valence-corrected chi connectivity index (χ3v) is 5.40. The van der Waals surface area contributed by atoms with Crippen LogP contribution < -0.4 is 5.32 Å². The van der Waals surface area contributed by atoms with E-state index in [0.29, 0.717) is 4.91 Å². The number of aromatic nitrogens is 1. The fourth-order valence-corrected chi connectivity index (χ4v) is 3.99. The van der Waals surface area contributed by atoms with E-state index in [4.69, 9.17) is 17.3 Å². The number of aliphatic carboxylic acids is 1. The van der Waals surface area contributed by atoms with E-state index in [1.54, 1.807) is 18.2 Å². The number of anilines is 2. The largest absolute Gasteiger partial charge is 0.480 e. The van der Waals surface area contributed by atoms with E-state index in [1.165, 1.54) is 11.3 Å². The van der Waals surface area contributed by atoms with Gasteiger partial charge < -0.3 is 10.4 Å². The maximum Gasteiger partial charge on any atom is 0.323 e. The number of carbonyl (C=O) groups excluding carboxylic acids is 1. The van der Waals surface area contributed by atoms with Crippen molar-refractivity contribution in [2.24, 2.45) is 0 Å². The number of para-hydroxylation sites is 1. The molecule has 0 aliphatic carbocycles. The van der Waals surface area contributed by atoms with Gasteiger partial charge in [-0.15, -0.1) is 11.3 Å². The van der Waals surface area contributed by atoms with E-state index in [-0.39, 0.29) is 4.32 Å². The molecular formula is C17H13N3O3S3. The number of amides is 1. The maximum atomic E-state index is 12.1. The number of hydrogen-bond donors (Lipinski definition) is 2. The summed E-state index contributed by atoms with van der Waals surface area (Å²) in [6.07, 6.45) is 5.09. The molecule has 1 saturated heterocycles. The van der Waals surface area contributed by atoms with Crippen LogP contribution in [0.3, 0.4) is 0 Å². The quantitative estimate of drug-likeness (QED) is 0.562. The van der Waals surface area contributed by atoms with Crippen molar-refractivity contribution in [2.75, 3.05) is 11.9 Å². The molecule has 0 radical (unpaired) electrons. The van der Waals surface area contributed by atoms with Gasteiger partial charge in [-0.3, -0.25) is 14.5 Å². The summed E-state index contributed by atoms with van der Waals surface area (Å²) >= 11 is 7.61. The van der Waals surface area contributed by atoms with Gasteiger partial charge in [-0.25, -0.2) is 4.98 Å². The fraction of sp³-hybridized carbons (Fsp3) is 0.0588. The first kappa shape index (κ1) is 18.3. The molecule has 1 aliphatic heterocycles. The third-order valence-electron chi connectivity index (χ3n) is 3.23. The van der Waals surface area contributed by atoms with Crippen LogP contribution in [0.2, 0.25) is 0 Å². The molecule has 0 atom stereocenters. The minimum atomic E-state index is -1.10. The number of carbonyl (C=O) groups is 2. The second-order valence-corrected chi connectivity index (χ2v) is 7.65. The molecule has 1 aromatic carbocycles. The molecule has 2 heterocycles. The predicted octanol–water partition coefficient (Wildman–Crippen LogP) is 3.73. The minimum Gasteiger partial charge on any atom is -0.480 e. The van der Waals surface area contributed by atoms with Crippen molar-refractivity contribution in [2.45, 2.75) is 0 Å². The van der Waals surface area contributed by atoms with E-state index in [2.05, 4.69) is 10.3 Å². The molecule has 9 heteroatoms. The Morgan fingerprint density at radius 3 is 2.85 bits per heavy atom. The Hall–Kier alpha value is -2.49. The monoisotopic (exact) mass is 403 g/mol. The van der Waals surface area contributed by atoms with E-state index >= 15 is 0 Å². The highest BCUT2D eigenvalue weighted by atomic mass is 32.2. The summed E-state index contributed by atoms with van der Waals surface area (Å²) < 4.78 is 0.250. The van der Waals surface area contributed by atoms with Gasteiger partial charge in [0.05, 0.1) is 10.6 Å². The van der Waals surface area contributed by atoms with Crippen LogP contribution in [-0.4, -0.2) is 37.7 Å². The molecule has 2 aromatic rings. The Morgan fingerprint density at radius 2 is 2.12 bits per heavy atom. The summed E-state index contributed by atoms with van der Waals surface area (Å²) in [5.74, 6) is -1.49. The van der Waals surface area contributed by atoms with Crippen molar-refractivity contribution in [3.63, 3.8) is 0 Å². The minimum absolute atomic E-state index is 0.250. The topological polar surface area (TPSA) is 82.5 Å². The number of benzene rings is 1. The summed E-state index contributed by atoms with van der Waals surface area (Å²) in [4.78, 5) is 28.8. The average Bonchev–Trinajstić information content (AvgIpc) is 3.15. The van der Waals surface area contributed by atoms with Gasteiger partial charge in [0.25, 0.3) is 5.91 Å². The summed E-state index contributed by atoms with van der Waals surface area (Å²) in [5.41, 5.74) is 1.71. The zero-order chi connectivity index (χ0) is 18.5. The van der Waals surface area contributed by atoms with E-state index in [9.17, 15) is 9.59 Å². The zero-order valence-electron chi connectivity index (χ0n) is 13.3. The lowest BCUT2D eigenvalue weighted by Crippen LogP contribution is -2.33. The molecule has 1 fully saturated rings.